The molecule has 0 aliphatic carbocycles. The highest BCUT2D eigenvalue weighted by atomic mass is 35.5. The van der Waals surface area contributed by atoms with Crippen molar-refractivity contribution in [1.29, 1.82) is 0 Å². The highest BCUT2D eigenvalue weighted by Gasteiger charge is 2.25. The van der Waals surface area contributed by atoms with Crippen LogP contribution in [-0.2, 0) is 10.0 Å². The lowest BCUT2D eigenvalue weighted by molar-refractivity contribution is 0.417. The number of pyridine rings is 1. The molecule has 218 valence electrons. The second kappa shape index (κ2) is 11.0. The molecule has 0 radical (unpaired) electrons. The Morgan fingerprint density at radius 2 is 1.72 bits per heavy atom. The number of sulfonamides is 1. The van der Waals surface area contributed by atoms with E-state index in [9.17, 15) is 13.2 Å². The fraction of sp³-hybridized carbons (Fsp3) is 0.133. The largest absolute Gasteiger partial charge is 0.495 e. The predicted octanol–water partition coefficient (Wildman–Crippen LogP) is 6.09. The highest BCUT2D eigenvalue weighted by molar-refractivity contribution is 7.92. The van der Waals surface area contributed by atoms with Crippen molar-refractivity contribution in [2.75, 3.05) is 18.1 Å². The molecule has 13 heteroatoms. The fourth-order valence-corrected chi connectivity index (χ4v) is 6.20. The molecule has 0 bridgehead atoms. The van der Waals surface area contributed by atoms with Gasteiger partial charge in [-0.25, -0.2) is 23.1 Å². The van der Waals surface area contributed by atoms with E-state index in [-0.39, 0.29) is 16.4 Å². The van der Waals surface area contributed by atoms with Gasteiger partial charge in [0.2, 0.25) is 10.0 Å². The van der Waals surface area contributed by atoms with Crippen molar-refractivity contribution in [3.05, 3.63) is 105 Å². The number of ether oxygens (including phenoxy) is 1. The molecule has 6 aromatic rings. The molecule has 10 nitrogen and oxygen atoms in total. The van der Waals surface area contributed by atoms with Gasteiger partial charge in [-0.2, -0.15) is 5.10 Å². The smallest absolute Gasteiger partial charge is 0.264 e. The number of aromatic nitrogens is 5. The van der Waals surface area contributed by atoms with Gasteiger partial charge in [0.1, 0.15) is 22.9 Å². The fourth-order valence-electron chi connectivity index (χ4n) is 5.16. The summed E-state index contributed by atoms with van der Waals surface area (Å²) in [5, 5.41) is 7.00. The van der Waals surface area contributed by atoms with Gasteiger partial charge < -0.3 is 4.74 Å². The molecule has 0 saturated carbocycles. The van der Waals surface area contributed by atoms with Gasteiger partial charge in [-0.3, -0.25) is 14.1 Å². The molecular weight excluding hydrogens is 611 g/mol. The summed E-state index contributed by atoms with van der Waals surface area (Å²) in [6, 6.07) is 21.0. The zero-order chi connectivity index (χ0) is 30.5. The van der Waals surface area contributed by atoms with Gasteiger partial charge in [0.05, 0.1) is 46.6 Å². The molecule has 0 fully saturated rings. The third-order valence-electron chi connectivity index (χ3n) is 7.04. The first kappa shape index (κ1) is 28.7. The van der Waals surface area contributed by atoms with E-state index >= 15 is 0 Å². The van der Waals surface area contributed by atoms with E-state index in [2.05, 4.69) is 14.7 Å². The van der Waals surface area contributed by atoms with E-state index in [1.807, 2.05) is 49.4 Å². The molecule has 0 saturated heterocycles. The summed E-state index contributed by atoms with van der Waals surface area (Å²) in [6.07, 6.45) is 2.40. The molecule has 3 heterocycles. The first-order valence-electron chi connectivity index (χ1n) is 13.0. The van der Waals surface area contributed by atoms with E-state index in [1.165, 1.54) is 13.4 Å². The number of anilines is 1. The SMILES string of the molecule is COc1ccc(-c2nn(C(C)c3cc4cccc(Cl)c4c(=O)n3-c3ccccc3)c3ncnc(Cl)c23)cc1NS(C)(=O)=O. The number of para-hydroxylation sites is 1. The normalized spacial score (nSPS) is 12.5. The van der Waals surface area contributed by atoms with Crippen LogP contribution in [0.2, 0.25) is 10.2 Å². The highest BCUT2D eigenvalue weighted by Crippen LogP contribution is 2.38. The topological polar surface area (TPSA) is 121 Å². The molecule has 6 rings (SSSR count). The van der Waals surface area contributed by atoms with Crippen LogP contribution in [-0.4, -0.2) is 46.1 Å². The van der Waals surface area contributed by atoms with Crippen molar-refractivity contribution in [3.63, 3.8) is 0 Å². The summed E-state index contributed by atoms with van der Waals surface area (Å²) < 4.78 is 35.3. The number of nitrogens with one attached hydrogen (secondary N) is 1. The zero-order valence-corrected chi connectivity index (χ0v) is 25.4. The number of nitrogens with zero attached hydrogens (tertiary/aromatic N) is 5. The van der Waals surface area contributed by atoms with E-state index in [0.717, 1.165) is 6.26 Å². The van der Waals surface area contributed by atoms with Gasteiger partial charge in [-0.1, -0.05) is 53.5 Å². The first-order valence-corrected chi connectivity index (χ1v) is 15.7. The molecule has 3 aromatic carbocycles. The predicted molar refractivity (Wildman–Crippen MR) is 169 cm³/mol. The number of rotatable bonds is 7. The summed E-state index contributed by atoms with van der Waals surface area (Å²) in [6.45, 7) is 1.90. The second-order valence-corrected chi connectivity index (χ2v) is 12.4. The van der Waals surface area contributed by atoms with Crippen LogP contribution in [0.3, 0.4) is 0 Å². The van der Waals surface area contributed by atoms with Crippen LogP contribution in [0.4, 0.5) is 5.69 Å². The number of hydrogen-bond donors (Lipinski definition) is 1. The van der Waals surface area contributed by atoms with Gasteiger partial charge >= 0.3 is 0 Å². The minimum absolute atomic E-state index is 0.164. The van der Waals surface area contributed by atoms with Crippen LogP contribution < -0.4 is 15.0 Å². The van der Waals surface area contributed by atoms with Crippen LogP contribution in [0.1, 0.15) is 18.7 Å². The van der Waals surface area contributed by atoms with Crippen molar-refractivity contribution >= 4 is 60.7 Å². The average Bonchev–Trinajstić information content (AvgIpc) is 3.37. The van der Waals surface area contributed by atoms with Crippen molar-refractivity contribution in [1.82, 2.24) is 24.3 Å². The van der Waals surface area contributed by atoms with Gasteiger partial charge in [0.25, 0.3) is 5.56 Å². The summed E-state index contributed by atoms with van der Waals surface area (Å²) in [7, 11) is -2.16. The van der Waals surface area contributed by atoms with Crippen LogP contribution in [0.5, 0.6) is 5.75 Å². The number of benzene rings is 3. The first-order chi connectivity index (χ1) is 20.6. The van der Waals surface area contributed by atoms with Crippen LogP contribution in [0, 0.1) is 0 Å². The van der Waals surface area contributed by atoms with E-state index in [0.29, 0.717) is 55.2 Å². The Kier molecular flexibility index (Phi) is 7.33. The van der Waals surface area contributed by atoms with Gasteiger partial charge in [0.15, 0.2) is 5.65 Å². The second-order valence-electron chi connectivity index (χ2n) is 9.87. The Balaban J connectivity index is 1.61. The van der Waals surface area contributed by atoms with E-state index < -0.39 is 16.1 Å². The lowest BCUT2D eigenvalue weighted by Gasteiger charge is -2.21. The maximum Gasteiger partial charge on any atom is 0.264 e. The van der Waals surface area contributed by atoms with E-state index in [1.54, 1.807) is 39.6 Å². The Morgan fingerprint density at radius 3 is 2.44 bits per heavy atom. The van der Waals surface area contributed by atoms with Crippen molar-refractivity contribution in [3.8, 4) is 22.7 Å². The lowest BCUT2D eigenvalue weighted by atomic mass is 10.1. The molecule has 1 atom stereocenters. The van der Waals surface area contributed by atoms with Crippen molar-refractivity contribution in [2.24, 2.45) is 0 Å². The molecule has 0 aliphatic heterocycles. The Morgan fingerprint density at radius 1 is 0.953 bits per heavy atom. The van der Waals surface area contributed by atoms with Crippen LogP contribution in [0.25, 0.3) is 38.8 Å². The number of fused-ring (bicyclic) bond motifs is 2. The summed E-state index contributed by atoms with van der Waals surface area (Å²) in [5.41, 5.74) is 2.64. The molecule has 43 heavy (non-hydrogen) atoms. The van der Waals surface area contributed by atoms with Gasteiger partial charge in [-0.05, 0) is 54.8 Å². The molecule has 1 N–H and O–H groups in total. The van der Waals surface area contributed by atoms with Crippen molar-refractivity contribution < 1.29 is 13.2 Å². The van der Waals surface area contributed by atoms with Crippen molar-refractivity contribution in [2.45, 2.75) is 13.0 Å². The maximum absolute atomic E-state index is 14.0. The van der Waals surface area contributed by atoms with Crippen LogP contribution >= 0.6 is 23.2 Å². The molecule has 3 aromatic heterocycles. The molecular formula is C30H24Cl2N6O4S. The average molecular weight is 636 g/mol. The quantitative estimate of drug-likeness (QED) is 0.211. The minimum Gasteiger partial charge on any atom is -0.495 e. The Bertz CT molecular complexity index is 2200. The Hall–Kier alpha value is -4.45. The number of hydrogen-bond acceptors (Lipinski definition) is 7. The summed E-state index contributed by atoms with van der Waals surface area (Å²) >= 11 is 13.1. The standard InChI is InChI=1S/C30H24Cl2N6O4S/c1-17(23-15-18-8-7-11-21(31)25(18)30(39)37(23)20-9-5-4-6-10-20)38-29-26(28(32)33-16-34-29)27(35-38)19-12-13-24(42-2)22(14-19)36-43(3,40)41/h4-17,36H,1-3H3. The van der Waals surface area contributed by atoms with E-state index in [4.69, 9.17) is 33.0 Å². The maximum atomic E-state index is 14.0. The Labute approximate surface area is 256 Å². The summed E-state index contributed by atoms with van der Waals surface area (Å²) in [4.78, 5) is 22.7. The minimum atomic E-state index is -3.61. The van der Waals surface area contributed by atoms with Crippen LogP contribution in [0.15, 0.2) is 83.9 Å². The molecule has 0 amide bonds. The zero-order valence-electron chi connectivity index (χ0n) is 23.1. The number of methoxy groups -OCH3 is 1. The third kappa shape index (κ3) is 5.20. The molecule has 0 spiro atoms. The third-order valence-corrected chi connectivity index (χ3v) is 8.24. The van der Waals surface area contributed by atoms with Gasteiger partial charge in [0, 0.05) is 11.3 Å². The summed E-state index contributed by atoms with van der Waals surface area (Å²) in [5.74, 6) is 0.329. The van der Waals surface area contributed by atoms with Gasteiger partial charge in [-0.15, -0.1) is 0 Å². The molecule has 1 unspecified atom stereocenters. The number of halogens is 2. The molecule has 0 aliphatic rings. The lowest BCUT2D eigenvalue weighted by Crippen LogP contribution is -2.26. The monoisotopic (exact) mass is 634 g/mol.